The summed E-state index contributed by atoms with van der Waals surface area (Å²) in [5.74, 6) is 1.44. The molecule has 0 aliphatic carbocycles. The first-order valence-corrected chi connectivity index (χ1v) is 7.78. The van der Waals surface area contributed by atoms with Crippen LogP contribution in [0.25, 0.3) is 0 Å². The Labute approximate surface area is 164 Å². The van der Waals surface area contributed by atoms with Gasteiger partial charge in [0.1, 0.15) is 12.2 Å². The number of nitrogens with one attached hydrogen (secondary N) is 3. The predicted octanol–water partition coefficient (Wildman–Crippen LogP) is 1.05. The summed E-state index contributed by atoms with van der Waals surface area (Å²) in [5, 5.41) is 13.2. The Kier molecular flexibility index (Phi) is 8.89. The maximum absolute atomic E-state index is 11.7. The van der Waals surface area contributed by atoms with Gasteiger partial charge in [0.2, 0.25) is 0 Å². The second-order valence-corrected chi connectivity index (χ2v) is 5.14. The van der Waals surface area contributed by atoms with Crippen molar-refractivity contribution < 1.29 is 4.79 Å². The normalized spacial score (nSPS) is 10.8. The van der Waals surface area contributed by atoms with Crippen molar-refractivity contribution in [1.29, 1.82) is 0 Å². The van der Waals surface area contributed by atoms with E-state index in [9.17, 15) is 4.79 Å². The van der Waals surface area contributed by atoms with Crippen LogP contribution in [0.1, 0.15) is 28.7 Å². The molecule has 0 aliphatic heterocycles. The first kappa shape index (κ1) is 20.9. The smallest absolute Gasteiger partial charge is 0.251 e. The van der Waals surface area contributed by atoms with Gasteiger partial charge in [0.25, 0.3) is 5.91 Å². The van der Waals surface area contributed by atoms with Crippen LogP contribution in [0, 0.1) is 0 Å². The van der Waals surface area contributed by atoms with Gasteiger partial charge in [0.15, 0.2) is 5.96 Å². The lowest BCUT2D eigenvalue weighted by molar-refractivity contribution is 0.0956. The average Bonchev–Trinajstić information content (AvgIpc) is 3.01. The summed E-state index contributed by atoms with van der Waals surface area (Å²) >= 11 is 0. The molecule has 0 saturated carbocycles. The van der Waals surface area contributed by atoms with Gasteiger partial charge in [0.05, 0.1) is 6.54 Å². The molecule has 2 rings (SSSR count). The van der Waals surface area contributed by atoms with Crippen molar-refractivity contribution in [2.75, 3.05) is 13.6 Å². The topological polar surface area (TPSA) is 96.2 Å². The molecule has 1 amide bonds. The molecule has 3 N–H and O–H groups in total. The fraction of sp³-hybridized carbons (Fsp3) is 0.375. The van der Waals surface area contributed by atoms with Crippen molar-refractivity contribution >= 4 is 35.8 Å². The monoisotopic (exact) mass is 457 g/mol. The van der Waals surface area contributed by atoms with Crippen LogP contribution in [0.3, 0.4) is 0 Å². The van der Waals surface area contributed by atoms with Crippen LogP contribution < -0.4 is 16.0 Å². The number of rotatable bonds is 6. The zero-order valence-corrected chi connectivity index (χ0v) is 16.9. The zero-order chi connectivity index (χ0) is 17.4. The Balaban J connectivity index is 0.00000312. The van der Waals surface area contributed by atoms with Gasteiger partial charge in [-0.15, -0.1) is 24.0 Å². The van der Waals surface area contributed by atoms with E-state index in [1.54, 1.807) is 11.7 Å². The third kappa shape index (κ3) is 6.33. The summed E-state index contributed by atoms with van der Waals surface area (Å²) in [7, 11) is 3.56. The lowest BCUT2D eigenvalue weighted by Gasteiger charge is -2.12. The van der Waals surface area contributed by atoms with E-state index in [2.05, 4.69) is 31.0 Å². The number of hydrogen-bond donors (Lipinski definition) is 3. The fourth-order valence-electron chi connectivity index (χ4n) is 2.09. The van der Waals surface area contributed by atoms with Gasteiger partial charge in [-0.05, 0) is 24.6 Å². The van der Waals surface area contributed by atoms with Gasteiger partial charge in [-0.2, -0.15) is 5.10 Å². The lowest BCUT2D eigenvalue weighted by Crippen LogP contribution is -2.36. The summed E-state index contributed by atoms with van der Waals surface area (Å²) in [6.07, 6.45) is 1.52. The molecule has 0 atom stereocenters. The molecule has 8 nitrogen and oxygen atoms in total. The molecule has 0 fully saturated rings. The second kappa shape index (κ2) is 10.6. The maximum Gasteiger partial charge on any atom is 0.251 e. The molecule has 1 heterocycles. The molecule has 2 aromatic rings. The number of carbonyl (C=O) groups excluding carboxylic acids is 1. The summed E-state index contributed by atoms with van der Waals surface area (Å²) in [6, 6.07) is 7.48. The summed E-state index contributed by atoms with van der Waals surface area (Å²) in [4.78, 5) is 20.1. The highest BCUT2D eigenvalue weighted by atomic mass is 127. The number of nitrogens with zero attached hydrogens (tertiary/aromatic N) is 4. The number of aliphatic imine (C=N–C) groups is 1. The number of halogens is 1. The lowest BCUT2D eigenvalue weighted by atomic mass is 10.1. The molecule has 0 unspecified atom stereocenters. The summed E-state index contributed by atoms with van der Waals surface area (Å²) in [5.41, 5.74) is 1.72. The molecular formula is C16H24IN7O. The summed E-state index contributed by atoms with van der Waals surface area (Å²) in [6.45, 7) is 3.66. The van der Waals surface area contributed by atoms with Crippen molar-refractivity contribution in [1.82, 2.24) is 30.7 Å². The number of hydrogen-bond acceptors (Lipinski definition) is 4. The van der Waals surface area contributed by atoms with E-state index in [1.165, 1.54) is 6.33 Å². The molecule has 0 aliphatic rings. The van der Waals surface area contributed by atoms with Crippen LogP contribution in [-0.4, -0.2) is 40.2 Å². The third-order valence-corrected chi connectivity index (χ3v) is 3.46. The largest absolute Gasteiger partial charge is 0.352 e. The molecule has 0 radical (unpaired) electrons. The quantitative estimate of drug-likeness (QED) is 0.343. The van der Waals surface area contributed by atoms with Gasteiger partial charge in [-0.25, -0.2) is 4.98 Å². The van der Waals surface area contributed by atoms with Gasteiger partial charge in [-0.1, -0.05) is 12.1 Å². The van der Waals surface area contributed by atoms with Crippen LogP contribution in [0.2, 0.25) is 0 Å². The molecule has 1 aromatic carbocycles. The van der Waals surface area contributed by atoms with Crippen molar-refractivity contribution in [2.45, 2.75) is 20.0 Å². The number of aryl methyl sites for hydroxylation is 1. The molecular weight excluding hydrogens is 433 g/mol. The predicted molar refractivity (Wildman–Crippen MR) is 108 cm³/mol. The highest BCUT2D eigenvalue weighted by molar-refractivity contribution is 14.0. The Morgan fingerprint density at radius 1 is 1.16 bits per heavy atom. The second-order valence-electron chi connectivity index (χ2n) is 5.14. The van der Waals surface area contributed by atoms with E-state index in [0.29, 0.717) is 31.2 Å². The summed E-state index contributed by atoms with van der Waals surface area (Å²) < 4.78 is 1.71. The molecule has 0 spiro atoms. The molecule has 136 valence electrons. The van der Waals surface area contributed by atoms with Gasteiger partial charge in [-0.3, -0.25) is 14.5 Å². The number of benzene rings is 1. The Bertz CT molecular complexity index is 697. The van der Waals surface area contributed by atoms with Crippen molar-refractivity contribution in [3.8, 4) is 0 Å². The minimum atomic E-state index is -0.0573. The van der Waals surface area contributed by atoms with Gasteiger partial charge >= 0.3 is 0 Å². The van der Waals surface area contributed by atoms with Crippen molar-refractivity contribution in [3.63, 3.8) is 0 Å². The molecule has 1 aromatic heterocycles. The standard InChI is InChI=1S/C16H23N7O.HI/c1-4-18-15(24)13-7-5-12(6-8-13)9-19-16(17-2)20-10-14-21-11-22-23(14)3;/h5-8,11H,4,9-10H2,1-3H3,(H,18,24)(H2,17,19,20);1H. The zero-order valence-electron chi connectivity index (χ0n) is 14.6. The van der Waals surface area contributed by atoms with E-state index < -0.39 is 0 Å². The van der Waals surface area contributed by atoms with E-state index in [4.69, 9.17) is 0 Å². The van der Waals surface area contributed by atoms with Crippen LogP contribution in [0.5, 0.6) is 0 Å². The van der Waals surface area contributed by atoms with Crippen molar-refractivity contribution in [3.05, 3.63) is 47.5 Å². The Hall–Kier alpha value is -2.17. The number of guanidine groups is 1. The number of aromatic nitrogens is 3. The Morgan fingerprint density at radius 3 is 2.40 bits per heavy atom. The van der Waals surface area contributed by atoms with Crippen molar-refractivity contribution in [2.24, 2.45) is 12.0 Å². The minimum absolute atomic E-state index is 0. The maximum atomic E-state index is 11.7. The van der Waals surface area contributed by atoms with Crippen LogP contribution in [0.15, 0.2) is 35.6 Å². The Morgan fingerprint density at radius 2 is 1.84 bits per heavy atom. The molecule has 9 heteroatoms. The van der Waals surface area contributed by atoms with E-state index in [-0.39, 0.29) is 29.9 Å². The molecule has 0 saturated heterocycles. The van der Waals surface area contributed by atoms with Crippen LogP contribution in [0.4, 0.5) is 0 Å². The first-order chi connectivity index (χ1) is 11.6. The third-order valence-electron chi connectivity index (χ3n) is 3.46. The van der Waals surface area contributed by atoms with Crippen LogP contribution in [-0.2, 0) is 20.1 Å². The first-order valence-electron chi connectivity index (χ1n) is 7.78. The SMILES string of the molecule is CCNC(=O)c1ccc(CNC(=NC)NCc2ncnn2C)cc1.I. The molecule has 25 heavy (non-hydrogen) atoms. The van der Waals surface area contributed by atoms with E-state index in [0.717, 1.165) is 11.4 Å². The number of carbonyl (C=O) groups is 1. The number of amides is 1. The van der Waals surface area contributed by atoms with Crippen LogP contribution >= 0.6 is 24.0 Å². The fourth-order valence-corrected chi connectivity index (χ4v) is 2.09. The van der Waals surface area contributed by atoms with Gasteiger partial charge in [0, 0.05) is 32.7 Å². The van der Waals surface area contributed by atoms with Gasteiger partial charge < -0.3 is 16.0 Å². The van der Waals surface area contributed by atoms with E-state index >= 15 is 0 Å². The highest BCUT2D eigenvalue weighted by Gasteiger charge is 2.05. The molecule has 0 bridgehead atoms. The average molecular weight is 457 g/mol. The highest BCUT2D eigenvalue weighted by Crippen LogP contribution is 2.04. The minimum Gasteiger partial charge on any atom is -0.352 e. The van der Waals surface area contributed by atoms with E-state index in [1.807, 2.05) is 38.2 Å².